The summed E-state index contributed by atoms with van der Waals surface area (Å²) in [5.74, 6) is 0. The van der Waals surface area contributed by atoms with Gasteiger partial charge >= 0.3 is 0 Å². The van der Waals surface area contributed by atoms with Crippen molar-refractivity contribution in [2.75, 3.05) is 6.54 Å². The fourth-order valence-electron chi connectivity index (χ4n) is 1.97. The molecule has 0 aromatic carbocycles. The van der Waals surface area contributed by atoms with Crippen LogP contribution in [0.2, 0.25) is 0 Å². The Morgan fingerprint density at radius 1 is 1.28 bits per heavy atom. The molecular weight excluding hydrogens is 240 g/mol. The zero-order chi connectivity index (χ0) is 12.8. The Morgan fingerprint density at radius 3 is 2.83 bits per heavy atom. The normalized spacial score (nSPS) is 12.6. The first-order valence-electron chi connectivity index (χ1n) is 6.58. The van der Waals surface area contributed by atoms with E-state index in [4.69, 9.17) is 0 Å². The molecule has 0 saturated carbocycles. The maximum atomic E-state index is 4.18. The molecule has 0 amide bonds. The summed E-state index contributed by atoms with van der Waals surface area (Å²) >= 11 is 1.87. The van der Waals surface area contributed by atoms with Gasteiger partial charge in [-0.15, -0.1) is 11.3 Å². The van der Waals surface area contributed by atoms with Gasteiger partial charge in [-0.3, -0.25) is 4.98 Å². The number of thiophene rings is 1. The Labute approximate surface area is 113 Å². The topological polar surface area (TPSA) is 24.9 Å². The van der Waals surface area contributed by atoms with Crippen molar-refractivity contribution in [2.45, 2.75) is 32.7 Å². The second-order valence-electron chi connectivity index (χ2n) is 4.36. The van der Waals surface area contributed by atoms with Crippen LogP contribution in [0.15, 0.2) is 36.7 Å². The number of rotatable bonds is 6. The molecule has 0 aliphatic heterocycles. The Hall–Kier alpha value is -1.19. The van der Waals surface area contributed by atoms with Gasteiger partial charge in [0, 0.05) is 33.8 Å². The lowest BCUT2D eigenvalue weighted by molar-refractivity contribution is 0.525. The summed E-state index contributed by atoms with van der Waals surface area (Å²) in [5.41, 5.74) is 1.21. The zero-order valence-corrected chi connectivity index (χ0v) is 11.8. The van der Waals surface area contributed by atoms with Crippen molar-refractivity contribution in [1.29, 1.82) is 0 Å². The first-order chi connectivity index (χ1) is 8.85. The minimum atomic E-state index is 0.486. The second-order valence-corrected chi connectivity index (χ2v) is 5.47. The van der Waals surface area contributed by atoms with Crippen LogP contribution in [-0.2, 0) is 0 Å². The fourth-order valence-corrected chi connectivity index (χ4v) is 3.13. The van der Waals surface area contributed by atoms with Crippen molar-refractivity contribution < 1.29 is 0 Å². The number of pyridine rings is 1. The SMILES string of the molecule is CCCNC(CC)c1ccc(-c2cccnc2)s1. The highest BCUT2D eigenvalue weighted by atomic mass is 32.1. The Balaban J connectivity index is 2.14. The van der Waals surface area contributed by atoms with Crippen LogP contribution in [0.1, 0.15) is 37.6 Å². The molecule has 1 atom stereocenters. The van der Waals surface area contributed by atoms with E-state index in [1.54, 1.807) is 0 Å². The van der Waals surface area contributed by atoms with E-state index in [0.717, 1.165) is 13.0 Å². The van der Waals surface area contributed by atoms with E-state index in [-0.39, 0.29) is 0 Å². The Morgan fingerprint density at radius 2 is 2.17 bits per heavy atom. The summed E-state index contributed by atoms with van der Waals surface area (Å²) in [6.45, 7) is 5.52. The van der Waals surface area contributed by atoms with Crippen LogP contribution in [0.25, 0.3) is 10.4 Å². The first-order valence-corrected chi connectivity index (χ1v) is 7.40. The highest BCUT2D eigenvalue weighted by Gasteiger charge is 2.11. The van der Waals surface area contributed by atoms with Crippen molar-refractivity contribution in [3.63, 3.8) is 0 Å². The van der Waals surface area contributed by atoms with Gasteiger partial charge in [-0.05, 0) is 37.6 Å². The average Bonchev–Trinajstić information content (AvgIpc) is 2.90. The Kier molecular flexibility index (Phi) is 4.90. The summed E-state index contributed by atoms with van der Waals surface area (Å²) < 4.78 is 0. The van der Waals surface area contributed by atoms with Gasteiger partial charge in [0.15, 0.2) is 0 Å². The summed E-state index contributed by atoms with van der Waals surface area (Å²) in [7, 11) is 0. The average molecular weight is 260 g/mol. The summed E-state index contributed by atoms with van der Waals surface area (Å²) in [6, 6.07) is 9.03. The molecule has 1 unspecified atom stereocenters. The van der Waals surface area contributed by atoms with Crippen molar-refractivity contribution in [1.82, 2.24) is 10.3 Å². The first kappa shape index (κ1) is 13.2. The quantitative estimate of drug-likeness (QED) is 0.839. The highest BCUT2D eigenvalue weighted by molar-refractivity contribution is 7.15. The van der Waals surface area contributed by atoms with Gasteiger partial charge in [0.1, 0.15) is 0 Å². The predicted molar refractivity (Wildman–Crippen MR) is 78.9 cm³/mol. The summed E-state index contributed by atoms with van der Waals surface area (Å²) in [6.07, 6.45) is 6.05. The maximum absolute atomic E-state index is 4.18. The molecule has 0 aliphatic rings. The molecule has 0 fully saturated rings. The predicted octanol–water partition coefficient (Wildman–Crippen LogP) is 4.26. The van der Waals surface area contributed by atoms with Crippen molar-refractivity contribution in [3.8, 4) is 10.4 Å². The monoisotopic (exact) mass is 260 g/mol. The molecule has 2 nitrogen and oxygen atoms in total. The number of nitrogens with zero attached hydrogens (tertiary/aromatic N) is 1. The minimum absolute atomic E-state index is 0.486. The molecule has 0 saturated heterocycles. The molecule has 96 valence electrons. The van der Waals surface area contributed by atoms with E-state index in [0.29, 0.717) is 6.04 Å². The molecular formula is C15H20N2S. The lowest BCUT2D eigenvalue weighted by atomic mass is 10.2. The molecule has 2 rings (SSSR count). The van der Waals surface area contributed by atoms with E-state index < -0.39 is 0 Å². The molecule has 18 heavy (non-hydrogen) atoms. The smallest absolute Gasteiger partial charge is 0.0412 e. The van der Waals surface area contributed by atoms with Crippen molar-refractivity contribution in [3.05, 3.63) is 41.5 Å². The van der Waals surface area contributed by atoms with E-state index in [1.807, 2.05) is 29.8 Å². The standard InChI is InChI=1S/C15H20N2S/c1-3-9-17-13(4-2)15-8-7-14(18-15)12-6-5-10-16-11-12/h5-8,10-11,13,17H,3-4,9H2,1-2H3. The summed E-state index contributed by atoms with van der Waals surface area (Å²) in [4.78, 5) is 6.90. The third-order valence-electron chi connectivity index (χ3n) is 2.97. The number of nitrogens with one attached hydrogen (secondary N) is 1. The Bertz CT molecular complexity index is 464. The van der Waals surface area contributed by atoms with Gasteiger partial charge in [0.25, 0.3) is 0 Å². The van der Waals surface area contributed by atoms with Gasteiger partial charge in [-0.2, -0.15) is 0 Å². The minimum Gasteiger partial charge on any atom is -0.309 e. The van der Waals surface area contributed by atoms with Crippen LogP contribution >= 0.6 is 11.3 Å². The van der Waals surface area contributed by atoms with E-state index >= 15 is 0 Å². The third kappa shape index (κ3) is 3.18. The molecule has 0 radical (unpaired) electrons. The number of hydrogen-bond acceptors (Lipinski definition) is 3. The molecule has 3 heteroatoms. The number of hydrogen-bond donors (Lipinski definition) is 1. The van der Waals surface area contributed by atoms with Crippen molar-refractivity contribution in [2.24, 2.45) is 0 Å². The lowest BCUT2D eigenvalue weighted by Gasteiger charge is -2.14. The van der Waals surface area contributed by atoms with Crippen molar-refractivity contribution >= 4 is 11.3 Å². The van der Waals surface area contributed by atoms with Crippen LogP contribution < -0.4 is 5.32 Å². The van der Waals surface area contributed by atoms with E-state index in [1.165, 1.54) is 21.7 Å². The number of aromatic nitrogens is 1. The second kappa shape index (κ2) is 6.66. The lowest BCUT2D eigenvalue weighted by Crippen LogP contribution is -2.20. The molecule has 0 spiro atoms. The van der Waals surface area contributed by atoms with Crippen LogP contribution in [0.3, 0.4) is 0 Å². The van der Waals surface area contributed by atoms with Crippen LogP contribution in [-0.4, -0.2) is 11.5 Å². The molecule has 2 aromatic rings. The summed E-state index contributed by atoms with van der Waals surface area (Å²) in [5, 5.41) is 3.59. The van der Waals surface area contributed by atoms with Crippen LogP contribution in [0.4, 0.5) is 0 Å². The van der Waals surface area contributed by atoms with Gasteiger partial charge in [0.2, 0.25) is 0 Å². The molecule has 2 aromatic heterocycles. The van der Waals surface area contributed by atoms with Gasteiger partial charge in [-0.25, -0.2) is 0 Å². The molecule has 2 heterocycles. The van der Waals surface area contributed by atoms with E-state index in [2.05, 4.69) is 42.3 Å². The maximum Gasteiger partial charge on any atom is 0.0412 e. The molecule has 1 N–H and O–H groups in total. The van der Waals surface area contributed by atoms with Gasteiger partial charge in [-0.1, -0.05) is 19.9 Å². The molecule has 0 bridgehead atoms. The van der Waals surface area contributed by atoms with Crippen LogP contribution in [0, 0.1) is 0 Å². The van der Waals surface area contributed by atoms with Crippen LogP contribution in [0.5, 0.6) is 0 Å². The fraction of sp³-hybridized carbons (Fsp3) is 0.400. The third-order valence-corrected chi connectivity index (χ3v) is 4.21. The largest absolute Gasteiger partial charge is 0.309 e. The van der Waals surface area contributed by atoms with Gasteiger partial charge in [0.05, 0.1) is 0 Å². The highest BCUT2D eigenvalue weighted by Crippen LogP contribution is 2.32. The molecule has 0 aliphatic carbocycles. The van der Waals surface area contributed by atoms with E-state index in [9.17, 15) is 0 Å². The van der Waals surface area contributed by atoms with Gasteiger partial charge < -0.3 is 5.32 Å². The zero-order valence-electron chi connectivity index (χ0n) is 11.0.